The molecule has 0 radical (unpaired) electrons. The highest BCUT2D eigenvalue weighted by atomic mass is 14.9. The van der Waals surface area contributed by atoms with Gasteiger partial charge < -0.3 is 5.73 Å². The lowest BCUT2D eigenvalue weighted by atomic mass is 9.94. The molecule has 0 heterocycles. The Morgan fingerprint density at radius 2 is 1.88 bits per heavy atom. The molecule has 0 aromatic heterocycles. The number of rotatable bonds is 4. The first kappa shape index (κ1) is 12.8. The number of terminal acetylenes is 1. The lowest BCUT2D eigenvalue weighted by Gasteiger charge is -2.21. The van der Waals surface area contributed by atoms with Gasteiger partial charge in [-0.2, -0.15) is 0 Å². The van der Waals surface area contributed by atoms with Crippen molar-refractivity contribution in [1.82, 2.24) is 5.32 Å². The lowest BCUT2D eigenvalue weighted by molar-refractivity contribution is 0.576. The number of aryl methyl sites for hydroxylation is 3. The number of hydrogen-bond acceptors (Lipinski definition) is 2. The summed E-state index contributed by atoms with van der Waals surface area (Å²) in [5.41, 5.74) is 10.9. The van der Waals surface area contributed by atoms with E-state index in [2.05, 4.69) is 44.1 Å². The molecule has 2 nitrogen and oxygen atoms in total. The molecule has 1 aromatic carbocycles. The Hall–Kier alpha value is -1.30. The quantitative estimate of drug-likeness (QED) is 0.754. The molecule has 1 rings (SSSR count). The third-order valence-corrected chi connectivity index (χ3v) is 2.77. The molecule has 0 aliphatic rings. The van der Waals surface area contributed by atoms with E-state index in [0.29, 0.717) is 13.1 Å². The first-order valence-corrected chi connectivity index (χ1v) is 5.54. The van der Waals surface area contributed by atoms with Crippen LogP contribution in [0.15, 0.2) is 12.1 Å². The molecule has 1 unspecified atom stereocenters. The van der Waals surface area contributed by atoms with Gasteiger partial charge in [-0.3, -0.25) is 5.32 Å². The first-order valence-electron chi connectivity index (χ1n) is 5.54. The molecule has 0 bridgehead atoms. The molecule has 0 saturated heterocycles. The minimum Gasteiger partial charge on any atom is -0.329 e. The number of benzene rings is 1. The van der Waals surface area contributed by atoms with Crippen LogP contribution in [0.25, 0.3) is 0 Å². The van der Waals surface area contributed by atoms with Crippen LogP contribution in [-0.4, -0.2) is 13.1 Å². The maximum Gasteiger partial charge on any atom is 0.0578 e. The normalized spacial score (nSPS) is 12.2. The zero-order chi connectivity index (χ0) is 12.1. The maximum absolute atomic E-state index is 5.79. The van der Waals surface area contributed by atoms with Crippen molar-refractivity contribution in [3.63, 3.8) is 0 Å². The fourth-order valence-electron chi connectivity index (χ4n) is 2.23. The van der Waals surface area contributed by atoms with Crippen molar-refractivity contribution >= 4 is 0 Å². The van der Waals surface area contributed by atoms with Gasteiger partial charge in [0.05, 0.1) is 6.54 Å². The summed E-state index contributed by atoms with van der Waals surface area (Å²) in [7, 11) is 0. The smallest absolute Gasteiger partial charge is 0.0578 e. The molecular weight excluding hydrogens is 196 g/mol. The molecule has 86 valence electrons. The second kappa shape index (κ2) is 5.69. The monoisotopic (exact) mass is 216 g/mol. The maximum atomic E-state index is 5.79. The number of hydrogen-bond donors (Lipinski definition) is 2. The summed E-state index contributed by atoms with van der Waals surface area (Å²) >= 11 is 0. The largest absolute Gasteiger partial charge is 0.329 e. The number of nitrogens with two attached hydrogens (primary N) is 1. The Kier molecular flexibility index (Phi) is 4.54. The van der Waals surface area contributed by atoms with Crippen molar-refractivity contribution in [3.05, 3.63) is 34.4 Å². The van der Waals surface area contributed by atoms with Gasteiger partial charge in [0.15, 0.2) is 0 Å². The van der Waals surface area contributed by atoms with Crippen LogP contribution in [0, 0.1) is 33.1 Å². The molecular formula is C14H20N2. The van der Waals surface area contributed by atoms with Crippen LogP contribution in [0.3, 0.4) is 0 Å². The zero-order valence-corrected chi connectivity index (χ0v) is 10.3. The van der Waals surface area contributed by atoms with Crippen molar-refractivity contribution in [2.45, 2.75) is 26.8 Å². The van der Waals surface area contributed by atoms with Crippen LogP contribution in [0.5, 0.6) is 0 Å². The van der Waals surface area contributed by atoms with Crippen molar-refractivity contribution in [1.29, 1.82) is 0 Å². The Balaban J connectivity index is 3.05. The van der Waals surface area contributed by atoms with Gasteiger partial charge >= 0.3 is 0 Å². The molecule has 0 saturated carbocycles. The summed E-state index contributed by atoms with van der Waals surface area (Å²) in [6.45, 7) is 7.46. The van der Waals surface area contributed by atoms with Gasteiger partial charge in [-0.15, -0.1) is 6.42 Å². The molecule has 0 aliphatic carbocycles. The van der Waals surface area contributed by atoms with Gasteiger partial charge in [0.2, 0.25) is 0 Å². The summed E-state index contributed by atoms with van der Waals surface area (Å²) in [5, 5.41) is 3.28. The van der Waals surface area contributed by atoms with E-state index in [1.54, 1.807) is 0 Å². The Morgan fingerprint density at radius 3 is 2.31 bits per heavy atom. The lowest BCUT2D eigenvalue weighted by Crippen LogP contribution is -2.29. The minimum atomic E-state index is 0.150. The van der Waals surface area contributed by atoms with E-state index in [4.69, 9.17) is 12.2 Å². The molecule has 3 N–H and O–H groups in total. The van der Waals surface area contributed by atoms with Gasteiger partial charge in [-0.1, -0.05) is 23.6 Å². The first-order chi connectivity index (χ1) is 7.60. The fraction of sp³-hybridized carbons (Fsp3) is 0.429. The van der Waals surface area contributed by atoms with E-state index in [1.165, 1.54) is 22.3 Å². The summed E-state index contributed by atoms with van der Waals surface area (Å²) in [4.78, 5) is 0. The van der Waals surface area contributed by atoms with E-state index < -0.39 is 0 Å². The predicted octanol–water partition coefficient (Wildman–Crippen LogP) is 1.83. The van der Waals surface area contributed by atoms with Crippen LogP contribution in [0.2, 0.25) is 0 Å². The summed E-state index contributed by atoms with van der Waals surface area (Å²) in [6.07, 6.45) is 5.26. The van der Waals surface area contributed by atoms with Crippen molar-refractivity contribution in [2.24, 2.45) is 5.73 Å². The Labute approximate surface area is 98.2 Å². The highest BCUT2D eigenvalue weighted by Gasteiger charge is 2.13. The van der Waals surface area contributed by atoms with Gasteiger partial charge in [0, 0.05) is 12.6 Å². The van der Waals surface area contributed by atoms with Gasteiger partial charge in [-0.05, 0) is 37.5 Å². The van der Waals surface area contributed by atoms with Crippen molar-refractivity contribution in [2.75, 3.05) is 13.1 Å². The predicted molar refractivity (Wildman–Crippen MR) is 69.3 cm³/mol. The molecule has 1 aromatic rings. The third-order valence-electron chi connectivity index (χ3n) is 2.77. The third kappa shape index (κ3) is 2.85. The fourth-order valence-corrected chi connectivity index (χ4v) is 2.23. The highest BCUT2D eigenvalue weighted by molar-refractivity contribution is 5.39. The molecule has 0 aliphatic heterocycles. The van der Waals surface area contributed by atoms with E-state index in [1.807, 2.05) is 0 Å². The van der Waals surface area contributed by atoms with E-state index in [-0.39, 0.29) is 6.04 Å². The SMILES string of the molecule is C#CCNC(CN)c1c(C)cc(C)cc1C. The summed E-state index contributed by atoms with van der Waals surface area (Å²) in [5.74, 6) is 2.59. The average Bonchev–Trinajstić information content (AvgIpc) is 2.21. The molecule has 0 fully saturated rings. The summed E-state index contributed by atoms with van der Waals surface area (Å²) in [6, 6.07) is 4.52. The second-order valence-electron chi connectivity index (χ2n) is 4.19. The average molecular weight is 216 g/mol. The highest BCUT2D eigenvalue weighted by Crippen LogP contribution is 2.22. The minimum absolute atomic E-state index is 0.150. The zero-order valence-electron chi connectivity index (χ0n) is 10.3. The van der Waals surface area contributed by atoms with Gasteiger partial charge in [0.25, 0.3) is 0 Å². The molecule has 2 heteroatoms. The number of nitrogens with one attached hydrogen (secondary N) is 1. The van der Waals surface area contributed by atoms with Crippen LogP contribution in [-0.2, 0) is 0 Å². The Morgan fingerprint density at radius 1 is 1.31 bits per heavy atom. The molecule has 0 amide bonds. The van der Waals surface area contributed by atoms with E-state index in [0.717, 1.165) is 0 Å². The standard InChI is InChI=1S/C14H20N2/c1-5-6-16-13(9-15)14-11(3)7-10(2)8-12(14)4/h1,7-8,13,16H,6,9,15H2,2-4H3. The van der Waals surface area contributed by atoms with Crippen LogP contribution in [0.1, 0.15) is 28.3 Å². The second-order valence-corrected chi connectivity index (χ2v) is 4.19. The molecule has 1 atom stereocenters. The van der Waals surface area contributed by atoms with Crippen LogP contribution in [0.4, 0.5) is 0 Å². The molecule has 16 heavy (non-hydrogen) atoms. The van der Waals surface area contributed by atoms with Crippen LogP contribution >= 0.6 is 0 Å². The van der Waals surface area contributed by atoms with Crippen LogP contribution < -0.4 is 11.1 Å². The Bertz CT molecular complexity index is 379. The molecule has 0 spiro atoms. The van der Waals surface area contributed by atoms with E-state index in [9.17, 15) is 0 Å². The van der Waals surface area contributed by atoms with E-state index >= 15 is 0 Å². The van der Waals surface area contributed by atoms with Crippen molar-refractivity contribution in [3.8, 4) is 12.3 Å². The summed E-state index contributed by atoms with van der Waals surface area (Å²) < 4.78 is 0. The van der Waals surface area contributed by atoms with Gasteiger partial charge in [-0.25, -0.2) is 0 Å². The van der Waals surface area contributed by atoms with Gasteiger partial charge in [0.1, 0.15) is 0 Å². The van der Waals surface area contributed by atoms with Crippen molar-refractivity contribution < 1.29 is 0 Å². The topological polar surface area (TPSA) is 38.0 Å².